The summed E-state index contributed by atoms with van der Waals surface area (Å²) in [5.74, 6) is -2.56. The molecule has 366 valence electrons. The quantitative estimate of drug-likeness (QED) is 0.178. The number of aliphatic hydroxyl groups is 2. The fourth-order valence-corrected chi connectivity index (χ4v) is 11.0. The lowest BCUT2D eigenvalue weighted by Gasteiger charge is -2.48. The predicted molar refractivity (Wildman–Crippen MR) is 240 cm³/mol. The number of aliphatic hydroxyl groups excluding tert-OH is 1. The van der Waals surface area contributed by atoms with Crippen LogP contribution in [-0.2, 0) is 56.9 Å². The summed E-state index contributed by atoms with van der Waals surface area (Å²) in [6.45, 7) is 17.1. The molecule has 0 radical (unpaired) electrons. The number of hydrogen-bond acceptors (Lipinski definition) is 15. The van der Waals surface area contributed by atoms with Gasteiger partial charge in [0.05, 0.1) is 55.9 Å². The summed E-state index contributed by atoms with van der Waals surface area (Å²) in [4.78, 5) is 14.4. The molecule has 0 aromatic heterocycles. The second-order valence-corrected chi connectivity index (χ2v) is 19.6. The number of rotatable bonds is 11. The van der Waals surface area contributed by atoms with E-state index >= 15 is 0 Å². The highest BCUT2D eigenvalue weighted by Gasteiger charge is 2.60. The molecule has 0 amide bonds. The molecule has 4 saturated heterocycles. The molecule has 7 aliphatic rings. The Kier molecular flexibility index (Phi) is 16.7. The third-order valence-electron chi connectivity index (χ3n) is 14.9. The van der Waals surface area contributed by atoms with Gasteiger partial charge < -0.3 is 68.1 Å². The summed E-state index contributed by atoms with van der Waals surface area (Å²) in [6, 6.07) is 0. The van der Waals surface area contributed by atoms with E-state index < -0.39 is 72.5 Å². The third-order valence-corrected chi connectivity index (χ3v) is 14.9. The summed E-state index contributed by atoms with van der Waals surface area (Å²) in [5.41, 5.74) is 5.85. The molecule has 65 heavy (non-hydrogen) atoms. The van der Waals surface area contributed by atoms with Crippen molar-refractivity contribution in [1.82, 2.24) is 0 Å². The number of carbonyl (C=O) groups is 1. The van der Waals surface area contributed by atoms with Gasteiger partial charge in [-0.05, 0) is 62.8 Å². The van der Waals surface area contributed by atoms with Gasteiger partial charge >= 0.3 is 5.97 Å². The Morgan fingerprint density at radius 3 is 2.29 bits per heavy atom. The Morgan fingerprint density at radius 1 is 0.908 bits per heavy atom. The minimum absolute atomic E-state index is 0.0337. The van der Waals surface area contributed by atoms with Gasteiger partial charge in [-0.1, -0.05) is 70.6 Å². The fourth-order valence-electron chi connectivity index (χ4n) is 11.0. The lowest BCUT2D eigenvalue weighted by atomic mass is 9.71. The van der Waals surface area contributed by atoms with E-state index in [1.165, 1.54) is 0 Å². The number of esters is 1. The van der Waals surface area contributed by atoms with Crippen LogP contribution < -0.4 is 5.73 Å². The van der Waals surface area contributed by atoms with Gasteiger partial charge in [0.25, 0.3) is 0 Å². The summed E-state index contributed by atoms with van der Waals surface area (Å²) in [7, 11) is 3.33. The number of fused-ring (bicyclic) bond motifs is 2. The standard InChI is InChI=1S/C50H77NO14/c1-11-27(2)44-30(5)17-18-49(65-44)25-36-22-35(64-49)16-15-29(4)43(28(3)13-12-14-34-26-58-47-42(52)31(6)21-37(48(53)61-36)50(34,47)54)62-40-24-39(56-10)46(33(8)60-40)63-41-23-38(55-9)45(32(7)59-41)57-20-19-51/h12-15,17-18,21,27-28,30,32-33,35-47,52,54H,11,16,19-20,22-26,51H2,1-10H3/b13-12+,29-15+,34-14+/t27?,28-,30-,32-,33-,35+,36-,37?,38-,39-,40-,41-,42+,43?,44+,45-,46?,47+,49+,50?/m0/s1. The van der Waals surface area contributed by atoms with E-state index in [9.17, 15) is 15.0 Å². The Labute approximate surface area is 385 Å². The van der Waals surface area contributed by atoms with Crippen LogP contribution >= 0.6 is 0 Å². The van der Waals surface area contributed by atoms with Crippen molar-refractivity contribution in [2.45, 2.75) is 191 Å². The first-order valence-corrected chi connectivity index (χ1v) is 24.0. The number of allylic oxidation sites excluding steroid dienone is 2. The van der Waals surface area contributed by atoms with E-state index in [4.69, 9.17) is 57.8 Å². The van der Waals surface area contributed by atoms with Crippen molar-refractivity contribution in [2.24, 2.45) is 29.4 Å². The zero-order valence-electron chi connectivity index (χ0n) is 40.2. The Hall–Kier alpha value is -2.35. The molecule has 4 N–H and O–H groups in total. The number of hydrogen-bond donors (Lipinski definition) is 3. The Bertz CT molecular complexity index is 1780. The van der Waals surface area contributed by atoms with E-state index in [1.54, 1.807) is 33.3 Å². The normalized spacial score (nSPS) is 47.4. The molecule has 0 aromatic carbocycles. The molecule has 0 saturated carbocycles. The number of nitrogens with two attached hydrogens (primary N) is 1. The van der Waals surface area contributed by atoms with Gasteiger partial charge in [0.15, 0.2) is 18.4 Å². The van der Waals surface area contributed by atoms with E-state index in [0.717, 1.165) is 12.0 Å². The zero-order chi connectivity index (χ0) is 46.8. The van der Waals surface area contributed by atoms with Crippen LogP contribution in [0.2, 0.25) is 0 Å². The van der Waals surface area contributed by atoms with Gasteiger partial charge in [0.1, 0.15) is 42.0 Å². The predicted octanol–water partition coefficient (Wildman–Crippen LogP) is 5.36. The topological polar surface area (TPSA) is 185 Å². The van der Waals surface area contributed by atoms with Crippen molar-refractivity contribution in [1.29, 1.82) is 0 Å². The largest absolute Gasteiger partial charge is 0.462 e. The van der Waals surface area contributed by atoms with Crippen molar-refractivity contribution in [3.8, 4) is 0 Å². The lowest BCUT2D eigenvalue weighted by Crippen LogP contribution is -2.58. The first-order valence-electron chi connectivity index (χ1n) is 24.0. The van der Waals surface area contributed by atoms with E-state index in [-0.39, 0.29) is 61.0 Å². The van der Waals surface area contributed by atoms with Crippen LogP contribution in [-0.4, -0.2) is 147 Å². The van der Waals surface area contributed by atoms with Crippen LogP contribution in [0.4, 0.5) is 0 Å². The summed E-state index contributed by atoms with van der Waals surface area (Å²) >= 11 is 0. The highest BCUT2D eigenvalue weighted by Crippen LogP contribution is 2.47. The number of carbonyl (C=O) groups excluding carboxylic acids is 1. The van der Waals surface area contributed by atoms with Crippen LogP contribution in [0.15, 0.2) is 59.3 Å². The molecule has 1 aliphatic carbocycles. The molecule has 15 nitrogen and oxygen atoms in total. The first-order chi connectivity index (χ1) is 31.0. The van der Waals surface area contributed by atoms with E-state index in [1.807, 2.05) is 32.1 Å². The van der Waals surface area contributed by atoms with Crippen LogP contribution in [0.5, 0.6) is 0 Å². The SMILES string of the molecule is CCC(C)[C@H]1O[C@]2(C=C[C@@H]1C)C[C@@H]1C[C@@H](C/C=C(\C)C(O[C@H]3C[C@H](OC)C(O[C@H]4C[C@H](OC)[C@@H](OCCN)[C@H](C)O4)[C@H](C)O3)[C@@H](C)/C=C/C=C3\CO[C@@H]4[C@H](O)C(C)=CC(C(=O)O1)C34O)O2. The molecule has 15 heteroatoms. The Morgan fingerprint density at radius 2 is 1.60 bits per heavy atom. The minimum Gasteiger partial charge on any atom is -0.462 e. The maximum Gasteiger partial charge on any atom is 0.316 e. The van der Waals surface area contributed by atoms with Gasteiger partial charge in [-0.3, -0.25) is 4.79 Å². The summed E-state index contributed by atoms with van der Waals surface area (Å²) < 4.78 is 70.6. The van der Waals surface area contributed by atoms with Crippen LogP contribution in [0.3, 0.4) is 0 Å². The smallest absolute Gasteiger partial charge is 0.316 e. The molecule has 7 rings (SSSR count). The molecule has 2 bridgehead atoms. The number of ether oxygens (including phenoxy) is 11. The summed E-state index contributed by atoms with van der Waals surface area (Å²) in [5, 5.41) is 23.8. The molecule has 5 unspecified atom stereocenters. The van der Waals surface area contributed by atoms with Crippen molar-refractivity contribution in [3.63, 3.8) is 0 Å². The molecule has 1 spiro atoms. The second-order valence-electron chi connectivity index (χ2n) is 19.6. The van der Waals surface area contributed by atoms with E-state index in [2.05, 4.69) is 46.8 Å². The monoisotopic (exact) mass is 916 g/mol. The van der Waals surface area contributed by atoms with Crippen molar-refractivity contribution in [2.75, 3.05) is 34.0 Å². The van der Waals surface area contributed by atoms with Gasteiger partial charge in [0.2, 0.25) is 0 Å². The maximum absolute atomic E-state index is 14.4. The molecular weight excluding hydrogens is 839 g/mol. The zero-order valence-corrected chi connectivity index (χ0v) is 40.2. The molecule has 20 atom stereocenters. The maximum atomic E-state index is 14.4. The Balaban J connectivity index is 1.16. The average molecular weight is 916 g/mol. The lowest BCUT2D eigenvalue weighted by molar-refractivity contribution is -0.320. The van der Waals surface area contributed by atoms with Crippen molar-refractivity contribution < 1.29 is 67.1 Å². The van der Waals surface area contributed by atoms with Crippen molar-refractivity contribution in [3.05, 3.63) is 59.3 Å². The first kappa shape index (κ1) is 50.5. The average Bonchev–Trinajstić information content (AvgIpc) is 3.62. The van der Waals surface area contributed by atoms with Gasteiger partial charge in [-0.2, -0.15) is 0 Å². The second kappa shape index (κ2) is 21.5. The fraction of sp³-hybridized carbons (Fsp3) is 0.780. The molecule has 4 fully saturated rings. The highest BCUT2D eigenvalue weighted by molar-refractivity contribution is 5.78. The van der Waals surface area contributed by atoms with Crippen LogP contribution in [0.1, 0.15) is 93.9 Å². The third kappa shape index (κ3) is 10.8. The molecular formula is C50H77NO14. The van der Waals surface area contributed by atoms with Gasteiger partial charge in [-0.25, -0.2) is 0 Å². The van der Waals surface area contributed by atoms with Gasteiger partial charge in [-0.15, -0.1) is 0 Å². The number of methoxy groups -OCH3 is 2. The molecule has 6 aliphatic heterocycles. The highest BCUT2D eigenvalue weighted by atomic mass is 16.7. The summed E-state index contributed by atoms with van der Waals surface area (Å²) in [6.07, 6.45) is 9.70. The van der Waals surface area contributed by atoms with Gasteiger partial charge in [0, 0.05) is 58.3 Å². The molecule has 0 aromatic rings. The van der Waals surface area contributed by atoms with Crippen LogP contribution in [0, 0.1) is 23.7 Å². The van der Waals surface area contributed by atoms with E-state index in [0.29, 0.717) is 56.4 Å². The molecule has 6 heterocycles. The van der Waals surface area contributed by atoms with Crippen molar-refractivity contribution >= 4 is 5.97 Å². The van der Waals surface area contributed by atoms with Crippen LogP contribution in [0.25, 0.3) is 0 Å². The minimum atomic E-state index is -1.84.